The largest absolute Gasteiger partial charge is 0.367 e. The number of hydrogen-bond acceptors (Lipinski definition) is 4. The van der Waals surface area contributed by atoms with Crippen molar-refractivity contribution in [3.63, 3.8) is 0 Å². The second-order valence-corrected chi connectivity index (χ2v) is 6.35. The Labute approximate surface area is 133 Å². The van der Waals surface area contributed by atoms with E-state index in [1.165, 1.54) is 25.0 Å². The van der Waals surface area contributed by atoms with Crippen molar-refractivity contribution in [3.05, 3.63) is 47.4 Å². The Kier molecular flexibility index (Phi) is 3.77. The summed E-state index contributed by atoms with van der Waals surface area (Å²) in [5, 5.41) is 4.14. The fourth-order valence-corrected chi connectivity index (χ4v) is 3.08. The highest BCUT2D eigenvalue weighted by Crippen LogP contribution is 2.40. The Hall–Kier alpha value is -1.95. The van der Waals surface area contributed by atoms with Crippen LogP contribution in [0.15, 0.2) is 28.8 Å². The van der Waals surface area contributed by atoms with E-state index in [9.17, 15) is 8.78 Å². The molecular formula is C17H19F2N3O. The molecule has 0 radical (unpaired) electrons. The number of rotatable bonds is 4. The van der Waals surface area contributed by atoms with Gasteiger partial charge in [0.1, 0.15) is 17.4 Å². The van der Waals surface area contributed by atoms with E-state index in [-0.39, 0.29) is 0 Å². The number of piperazine rings is 1. The molecule has 2 aromatic rings. The fraction of sp³-hybridized carbons (Fsp3) is 0.471. The second kappa shape index (κ2) is 5.92. The molecule has 1 saturated carbocycles. The van der Waals surface area contributed by atoms with Crippen molar-refractivity contribution in [2.24, 2.45) is 0 Å². The van der Waals surface area contributed by atoms with Gasteiger partial charge in [-0.25, -0.2) is 8.78 Å². The molecule has 0 unspecified atom stereocenters. The highest BCUT2D eigenvalue weighted by Gasteiger charge is 2.28. The summed E-state index contributed by atoms with van der Waals surface area (Å²) >= 11 is 0. The van der Waals surface area contributed by atoms with Crippen molar-refractivity contribution in [2.75, 3.05) is 31.1 Å². The van der Waals surface area contributed by atoms with Crippen LogP contribution < -0.4 is 4.90 Å². The number of nitrogens with zero attached hydrogens (tertiary/aromatic N) is 3. The SMILES string of the molecule is Fc1ccc(N2CCN(Cc3cc(C4CC4)on3)CC2)c(F)c1. The highest BCUT2D eigenvalue weighted by molar-refractivity contribution is 5.48. The molecule has 1 aromatic heterocycles. The Morgan fingerprint density at radius 3 is 2.57 bits per heavy atom. The van der Waals surface area contributed by atoms with Gasteiger partial charge >= 0.3 is 0 Å². The van der Waals surface area contributed by atoms with E-state index in [1.54, 1.807) is 0 Å². The Morgan fingerprint density at radius 1 is 1.09 bits per heavy atom. The first kappa shape index (κ1) is 14.6. The lowest BCUT2D eigenvalue weighted by Crippen LogP contribution is -2.46. The molecule has 0 atom stereocenters. The summed E-state index contributed by atoms with van der Waals surface area (Å²) in [4.78, 5) is 4.25. The van der Waals surface area contributed by atoms with Crippen molar-refractivity contribution < 1.29 is 13.3 Å². The molecule has 0 spiro atoms. The van der Waals surface area contributed by atoms with Crippen LogP contribution in [0.3, 0.4) is 0 Å². The first-order valence-corrected chi connectivity index (χ1v) is 8.07. The number of benzene rings is 1. The second-order valence-electron chi connectivity index (χ2n) is 6.35. The zero-order chi connectivity index (χ0) is 15.8. The lowest BCUT2D eigenvalue weighted by molar-refractivity contribution is 0.241. The molecule has 4 rings (SSSR count). The molecule has 122 valence electrons. The summed E-state index contributed by atoms with van der Waals surface area (Å²) in [5.41, 5.74) is 1.44. The standard InChI is InChI=1S/C17H19F2N3O/c18-13-3-4-16(15(19)9-13)22-7-5-21(6-8-22)11-14-10-17(23-20-14)12-1-2-12/h3-4,9-10,12H,1-2,5-8,11H2. The number of anilines is 1. The quantitative estimate of drug-likeness (QED) is 0.866. The molecule has 1 aliphatic heterocycles. The minimum atomic E-state index is -0.539. The van der Waals surface area contributed by atoms with Gasteiger partial charge in [0.2, 0.25) is 0 Å². The van der Waals surface area contributed by atoms with Crippen molar-refractivity contribution in [3.8, 4) is 0 Å². The Morgan fingerprint density at radius 2 is 1.87 bits per heavy atom. The maximum atomic E-state index is 13.8. The van der Waals surface area contributed by atoms with E-state index >= 15 is 0 Å². The molecule has 0 N–H and O–H groups in total. The molecule has 2 aliphatic rings. The van der Waals surface area contributed by atoms with E-state index in [1.807, 2.05) is 4.90 Å². The van der Waals surface area contributed by atoms with Gasteiger partial charge < -0.3 is 9.42 Å². The average molecular weight is 319 g/mol. The van der Waals surface area contributed by atoms with Gasteiger partial charge in [0.25, 0.3) is 0 Å². The van der Waals surface area contributed by atoms with Gasteiger partial charge in [-0.2, -0.15) is 0 Å². The van der Waals surface area contributed by atoms with E-state index < -0.39 is 11.6 Å². The van der Waals surface area contributed by atoms with Crippen LogP contribution in [0.25, 0.3) is 0 Å². The zero-order valence-corrected chi connectivity index (χ0v) is 12.8. The van der Waals surface area contributed by atoms with Gasteiger partial charge in [-0.15, -0.1) is 0 Å². The van der Waals surface area contributed by atoms with Gasteiger partial charge in [0.05, 0.1) is 11.4 Å². The summed E-state index contributed by atoms with van der Waals surface area (Å²) in [6, 6.07) is 5.82. The minimum absolute atomic E-state index is 0.475. The summed E-state index contributed by atoms with van der Waals surface area (Å²) in [6.45, 7) is 3.84. The highest BCUT2D eigenvalue weighted by atomic mass is 19.1. The Balaban J connectivity index is 1.34. The summed E-state index contributed by atoms with van der Waals surface area (Å²) in [5.74, 6) is 0.549. The number of aromatic nitrogens is 1. The Bertz CT molecular complexity index is 691. The molecule has 23 heavy (non-hydrogen) atoms. The fourth-order valence-electron chi connectivity index (χ4n) is 3.08. The van der Waals surface area contributed by atoms with Crippen molar-refractivity contribution >= 4 is 5.69 Å². The van der Waals surface area contributed by atoms with Gasteiger partial charge in [-0.3, -0.25) is 4.90 Å². The van der Waals surface area contributed by atoms with Gasteiger partial charge in [0.15, 0.2) is 0 Å². The molecule has 2 fully saturated rings. The first-order chi connectivity index (χ1) is 11.2. The van der Waals surface area contributed by atoms with Crippen molar-refractivity contribution in [1.82, 2.24) is 10.1 Å². The van der Waals surface area contributed by atoms with Gasteiger partial charge in [-0.05, 0) is 25.0 Å². The van der Waals surface area contributed by atoms with Gasteiger partial charge in [-0.1, -0.05) is 5.16 Å². The smallest absolute Gasteiger partial charge is 0.149 e. The van der Waals surface area contributed by atoms with E-state index in [4.69, 9.17) is 4.52 Å². The molecule has 0 amide bonds. The average Bonchev–Trinajstić information content (AvgIpc) is 3.29. The third kappa shape index (κ3) is 3.22. The lowest BCUT2D eigenvalue weighted by atomic mass is 10.2. The van der Waals surface area contributed by atoms with E-state index in [0.29, 0.717) is 11.6 Å². The molecule has 1 aromatic carbocycles. The monoisotopic (exact) mass is 319 g/mol. The van der Waals surface area contributed by atoms with Crippen LogP contribution in [0.1, 0.15) is 30.2 Å². The molecular weight excluding hydrogens is 300 g/mol. The van der Waals surface area contributed by atoms with Crippen LogP contribution in [0.5, 0.6) is 0 Å². The lowest BCUT2D eigenvalue weighted by Gasteiger charge is -2.35. The molecule has 2 heterocycles. The predicted molar refractivity (Wildman–Crippen MR) is 82.3 cm³/mol. The number of hydrogen-bond donors (Lipinski definition) is 0. The predicted octanol–water partition coefficient (Wildman–Crippen LogP) is 3.15. The third-order valence-electron chi connectivity index (χ3n) is 4.57. The summed E-state index contributed by atoms with van der Waals surface area (Å²) in [7, 11) is 0. The minimum Gasteiger partial charge on any atom is -0.367 e. The third-order valence-corrected chi connectivity index (χ3v) is 4.57. The van der Waals surface area contributed by atoms with Crippen LogP contribution in [-0.4, -0.2) is 36.2 Å². The van der Waals surface area contributed by atoms with E-state index in [2.05, 4.69) is 16.1 Å². The van der Waals surface area contributed by atoms with Crippen LogP contribution in [-0.2, 0) is 6.54 Å². The zero-order valence-electron chi connectivity index (χ0n) is 12.8. The molecule has 0 bridgehead atoms. The van der Waals surface area contributed by atoms with Crippen LogP contribution in [0.4, 0.5) is 14.5 Å². The number of halogens is 2. The first-order valence-electron chi connectivity index (χ1n) is 8.07. The van der Waals surface area contributed by atoms with Crippen LogP contribution in [0, 0.1) is 11.6 Å². The normalized spacial score (nSPS) is 19.3. The molecule has 6 heteroatoms. The van der Waals surface area contributed by atoms with Gasteiger partial charge in [0, 0.05) is 50.8 Å². The molecule has 1 aliphatic carbocycles. The summed E-state index contributed by atoms with van der Waals surface area (Å²) < 4.78 is 32.2. The topological polar surface area (TPSA) is 32.5 Å². The maximum Gasteiger partial charge on any atom is 0.149 e. The maximum absolute atomic E-state index is 13.8. The van der Waals surface area contributed by atoms with E-state index in [0.717, 1.165) is 50.2 Å². The van der Waals surface area contributed by atoms with Crippen LogP contribution in [0.2, 0.25) is 0 Å². The molecule has 1 saturated heterocycles. The van der Waals surface area contributed by atoms with Crippen molar-refractivity contribution in [2.45, 2.75) is 25.3 Å². The van der Waals surface area contributed by atoms with Crippen molar-refractivity contribution in [1.29, 1.82) is 0 Å². The molecule has 4 nitrogen and oxygen atoms in total. The van der Waals surface area contributed by atoms with Crippen LogP contribution >= 0.6 is 0 Å². The summed E-state index contributed by atoms with van der Waals surface area (Å²) in [6.07, 6.45) is 2.41.